The van der Waals surface area contributed by atoms with Gasteiger partial charge >= 0.3 is 18.2 Å². The van der Waals surface area contributed by atoms with Crippen molar-refractivity contribution in [2.45, 2.75) is 18.2 Å². The van der Waals surface area contributed by atoms with Crippen molar-refractivity contribution in [3.63, 3.8) is 0 Å². The summed E-state index contributed by atoms with van der Waals surface area (Å²) >= 11 is 0. The summed E-state index contributed by atoms with van der Waals surface area (Å²) in [6.07, 6.45) is -13.6. The van der Waals surface area contributed by atoms with Gasteiger partial charge in [0.2, 0.25) is 34.8 Å². The van der Waals surface area contributed by atoms with E-state index in [0.29, 0.717) is 0 Å². The maximum absolute atomic E-state index is 12.9. The standard InChI is InChI=1S/C9F12O/c10-1-2(11)4(13)6(5(14)3(1)12)22-9(20,21)7(15,16)8(17,18)19. The number of benzene rings is 1. The molecule has 1 rings (SSSR count). The summed E-state index contributed by atoms with van der Waals surface area (Å²) in [7, 11) is 0. The largest absolute Gasteiger partial charge is 0.474 e. The van der Waals surface area contributed by atoms with Crippen LogP contribution < -0.4 is 4.74 Å². The van der Waals surface area contributed by atoms with Gasteiger partial charge in [-0.25, -0.2) is 13.2 Å². The summed E-state index contributed by atoms with van der Waals surface area (Å²) in [5.74, 6) is -24.8. The highest BCUT2D eigenvalue weighted by molar-refractivity contribution is 5.30. The van der Waals surface area contributed by atoms with Gasteiger partial charge in [0.1, 0.15) is 0 Å². The molecule has 0 saturated carbocycles. The normalized spacial score (nSPS) is 13.5. The molecular weight excluding hydrogens is 352 g/mol. The van der Waals surface area contributed by atoms with Gasteiger partial charge in [-0.2, -0.15) is 39.5 Å². The first-order valence-corrected chi connectivity index (χ1v) is 4.68. The van der Waals surface area contributed by atoms with Gasteiger partial charge in [0.15, 0.2) is 0 Å². The summed E-state index contributed by atoms with van der Waals surface area (Å²) in [5, 5.41) is 0. The molecule has 1 aromatic carbocycles. The molecule has 0 aliphatic heterocycles. The zero-order valence-corrected chi connectivity index (χ0v) is 9.44. The molecule has 0 radical (unpaired) electrons. The van der Waals surface area contributed by atoms with Crippen LogP contribution in [0.15, 0.2) is 0 Å². The minimum absolute atomic E-state index is 2.47. The molecule has 1 nitrogen and oxygen atoms in total. The molecule has 0 heterocycles. The van der Waals surface area contributed by atoms with E-state index in [0.717, 1.165) is 0 Å². The molecule has 0 unspecified atom stereocenters. The molecule has 22 heavy (non-hydrogen) atoms. The van der Waals surface area contributed by atoms with Crippen molar-refractivity contribution < 1.29 is 57.4 Å². The molecule has 126 valence electrons. The van der Waals surface area contributed by atoms with E-state index < -0.39 is 53.0 Å². The molecule has 0 aromatic heterocycles. The molecule has 1 aromatic rings. The van der Waals surface area contributed by atoms with Crippen molar-refractivity contribution in [3.05, 3.63) is 29.1 Å². The third-order valence-corrected chi connectivity index (χ3v) is 2.12. The van der Waals surface area contributed by atoms with Crippen LogP contribution in [0.3, 0.4) is 0 Å². The quantitative estimate of drug-likeness (QED) is 0.441. The van der Waals surface area contributed by atoms with Crippen LogP contribution in [0.1, 0.15) is 0 Å². The maximum atomic E-state index is 12.9. The van der Waals surface area contributed by atoms with Gasteiger partial charge in [0, 0.05) is 0 Å². The van der Waals surface area contributed by atoms with Crippen molar-refractivity contribution in [3.8, 4) is 5.75 Å². The fraction of sp³-hybridized carbons (Fsp3) is 0.333. The molecule has 0 atom stereocenters. The van der Waals surface area contributed by atoms with E-state index >= 15 is 0 Å². The van der Waals surface area contributed by atoms with E-state index in [-0.39, 0.29) is 0 Å². The Kier molecular flexibility index (Phi) is 4.24. The first-order chi connectivity index (χ1) is 9.65. The van der Waals surface area contributed by atoms with Gasteiger partial charge in [-0.1, -0.05) is 0 Å². The first-order valence-electron chi connectivity index (χ1n) is 4.68. The van der Waals surface area contributed by atoms with Crippen molar-refractivity contribution in [1.29, 1.82) is 0 Å². The topological polar surface area (TPSA) is 9.23 Å². The van der Waals surface area contributed by atoms with Crippen LogP contribution in [-0.4, -0.2) is 18.2 Å². The molecule has 13 heteroatoms. The van der Waals surface area contributed by atoms with E-state index in [4.69, 9.17) is 0 Å². The molecule has 0 N–H and O–H groups in total. The number of ether oxygens (including phenoxy) is 1. The lowest BCUT2D eigenvalue weighted by molar-refractivity contribution is -0.403. The highest BCUT2D eigenvalue weighted by atomic mass is 19.4. The van der Waals surface area contributed by atoms with E-state index in [9.17, 15) is 52.7 Å². The van der Waals surface area contributed by atoms with Gasteiger partial charge in [-0.05, 0) is 0 Å². The van der Waals surface area contributed by atoms with Crippen molar-refractivity contribution in [2.24, 2.45) is 0 Å². The Hall–Kier alpha value is -1.82. The minimum Gasteiger partial charge on any atom is -0.421 e. The third kappa shape index (κ3) is 2.63. The first kappa shape index (κ1) is 18.2. The predicted molar refractivity (Wildman–Crippen MR) is 42.8 cm³/mol. The molecule has 0 amide bonds. The minimum atomic E-state index is -6.97. The fourth-order valence-electron chi connectivity index (χ4n) is 1.03. The van der Waals surface area contributed by atoms with Gasteiger partial charge in [0.25, 0.3) is 0 Å². The summed E-state index contributed by atoms with van der Waals surface area (Å²) in [4.78, 5) is 0. The number of alkyl halides is 7. The van der Waals surface area contributed by atoms with Crippen LogP contribution in [0, 0.1) is 29.1 Å². The Morgan fingerprint density at radius 3 is 1.18 bits per heavy atom. The smallest absolute Gasteiger partial charge is 0.421 e. The zero-order chi connectivity index (χ0) is 17.7. The van der Waals surface area contributed by atoms with Crippen LogP contribution in [0.4, 0.5) is 52.7 Å². The average molecular weight is 352 g/mol. The Bertz CT molecular complexity index is 560. The SMILES string of the molecule is Fc1c(F)c(F)c(OC(F)(F)C(F)(F)C(F)(F)F)c(F)c1F. The summed E-state index contributed by atoms with van der Waals surface area (Å²) in [5.41, 5.74) is 0. The number of halogens is 12. The summed E-state index contributed by atoms with van der Waals surface area (Å²) < 4.78 is 152. The molecule has 0 aliphatic rings. The van der Waals surface area contributed by atoms with Crippen LogP contribution >= 0.6 is 0 Å². The molecular formula is C9F12O. The van der Waals surface area contributed by atoms with Gasteiger partial charge < -0.3 is 4.74 Å². The highest BCUT2D eigenvalue weighted by Crippen LogP contribution is 2.48. The molecule has 0 fully saturated rings. The van der Waals surface area contributed by atoms with E-state index in [2.05, 4.69) is 4.74 Å². The monoisotopic (exact) mass is 352 g/mol. The lowest BCUT2D eigenvalue weighted by Crippen LogP contribution is -2.55. The van der Waals surface area contributed by atoms with E-state index in [1.54, 1.807) is 0 Å². The molecule has 0 saturated heterocycles. The second-order valence-electron chi connectivity index (χ2n) is 3.59. The average Bonchev–Trinajstić information content (AvgIpc) is 2.37. The second kappa shape index (κ2) is 5.12. The summed E-state index contributed by atoms with van der Waals surface area (Å²) in [6.45, 7) is 0. The van der Waals surface area contributed by atoms with Crippen LogP contribution in [0.5, 0.6) is 5.75 Å². The predicted octanol–water partition coefficient (Wildman–Crippen LogP) is 4.55. The number of hydrogen-bond acceptors (Lipinski definition) is 1. The van der Waals surface area contributed by atoms with E-state index in [1.165, 1.54) is 0 Å². The van der Waals surface area contributed by atoms with Crippen molar-refractivity contribution >= 4 is 0 Å². The Labute approximate surface area is 112 Å². The van der Waals surface area contributed by atoms with Gasteiger partial charge in [-0.3, -0.25) is 0 Å². The Morgan fingerprint density at radius 2 is 0.864 bits per heavy atom. The highest BCUT2D eigenvalue weighted by Gasteiger charge is 2.76. The summed E-state index contributed by atoms with van der Waals surface area (Å²) in [6, 6.07) is 0. The Morgan fingerprint density at radius 1 is 0.545 bits per heavy atom. The maximum Gasteiger partial charge on any atom is 0.474 e. The van der Waals surface area contributed by atoms with Crippen molar-refractivity contribution in [2.75, 3.05) is 0 Å². The van der Waals surface area contributed by atoms with Crippen molar-refractivity contribution in [1.82, 2.24) is 0 Å². The number of hydrogen-bond donors (Lipinski definition) is 0. The zero-order valence-electron chi connectivity index (χ0n) is 9.44. The van der Waals surface area contributed by atoms with Gasteiger partial charge in [-0.15, -0.1) is 0 Å². The van der Waals surface area contributed by atoms with E-state index in [1.807, 2.05) is 0 Å². The second-order valence-corrected chi connectivity index (χ2v) is 3.59. The van der Waals surface area contributed by atoms with Crippen LogP contribution in [0.25, 0.3) is 0 Å². The Balaban J connectivity index is 3.43. The fourth-order valence-corrected chi connectivity index (χ4v) is 1.03. The lowest BCUT2D eigenvalue weighted by atomic mass is 10.2. The molecule has 0 bridgehead atoms. The van der Waals surface area contributed by atoms with Gasteiger partial charge in [0.05, 0.1) is 0 Å². The number of rotatable bonds is 3. The molecule has 0 spiro atoms. The van der Waals surface area contributed by atoms with Crippen LogP contribution in [-0.2, 0) is 0 Å². The lowest BCUT2D eigenvalue weighted by Gasteiger charge is -2.28. The molecule has 0 aliphatic carbocycles. The third-order valence-electron chi connectivity index (χ3n) is 2.12. The van der Waals surface area contributed by atoms with Crippen LogP contribution in [0.2, 0.25) is 0 Å².